The summed E-state index contributed by atoms with van der Waals surface area (Å²) >= 11 is 0. The molecule has 0 bridgehead atoms. The number of methoxy groups -OCH3 is 2. The molecule has 1 atom stereocenters. The van der Waals surface area contributed by atoms with E-state index in [2.05, 4.69) is 20.4 Å². The average Bonchev–Trinajstić information content (AvgIpc) is 3.43. The minimum absolute atomic E-state index is 0.000618. The van der Waals surface area contributed by atoms with E-state index in [1.807, 2.05) is 6.07 Å². The molecule has 4 rings (SSSR count). The van der Waals surface area contributed by atoms with Crippen molar-refractivity contribution in [1.82, 2.24) is 15.5 Å². The van der Waals surface area contributed by atoms with Crippen LogP contribution in [0.3, 0.4) is 0 Å². The molecule has 1 aliphatic heterocycles. The van der Waals surface area contributed by atoms with Gasteiger partial charge in [0.1, 0.15) is 17.3 Å². The molecule has 0 radical (unpaired) electrons. The van der Waals surface area contributed by atoms with Gasteiger partial charge in [-0.2, -0.15) is 5.10 Å². The maximum Gasteiger partial charge on any atom is 0.251 e. The predicted octanol–water partition coefficient (Wildman–Crippen LogP) is 3.24. The van der Waals surface area contributed by atoms with Crippen molar-refractivity contribution >= 4 is 11.7 Å². The van der Waals surface area contributed by atoms with Crippen molar-refractivity contribution < 1.29 is 18.7 Å². The third kappa shape index (κ3) is 4.22. The second-order valence-electron chi connectivity index (χ2n) is 7.15. The van der Waals surface area contributed by atoms with Crippen molar-refractivity contribution in [2.24, 2.45) is 0 Å². The van der Waals surface area contributed by atoms with E-state index in [4.69, 9.17) is 9.47 Å². The fraction of sp³-hybridized carbons (Fsp3) is 0.273. The van der Waals surface area contributed by atoms with Gasteiger partial charge in [0.25, 0.3) is 5.91 Å². The predicted molar refractivity (Wildman–Crippen MR) is 112 cm³/mol. The molecule has 2 N–H and O–H groups in total. The number of aromatic amines is 1. The summed E-state index contributed by atoms with van der Waals surface area (Å²) in [4.78, 5) is 14.8. The summed E-state index contributed by atoms with van der Waals surface area (Å²) in [5, 5.41) is 10.4. The molecule has 0 unspecified atom stereocenters. The summed E-state index contributed by atoms with van der Waals surface area (Å²) in [6.45, 7) is 1.43. The third-order valence-electron chi connectivity index (χ3n) is 5.18. The first-order valence-corrected chi connectivity index (χ1v) is 9.66. The van der Waals surface area contributed by atoms with Crippen LogP contribution in [-0.4, -0.2) is 49.5 Å². The van der Waals surface area contributed by atoms with Crippen LogP contribution in [0.4, 0.5) is 10.2 Å². The van der Waals surface area contributed by atoms with E-state index < -0.39 is 0 Å². The Morgan fingerprint density at radius 2 is 1.83 bits per heavy atom. The van der Waals surface area contributed by atoms with Crippen LogP contribution in [-0.2, 0) is 0 Å². The van der Waals surface area contributed by atoms with Crippen LogP contribution < -0.4 is 19.7 Å². The first kappa shape index (κ1) is 19.8. The molecule has 2 heterocycles. The standard InChI is InChI=1S/C22H23FN4O3/c1-29-18-9-15(10-19(11-18)30-2)22(28)24-17-7-8-27(13-17)21-12-20(25-26-21)14-3-5-16(23)6-4-14/h3-6,9-12,17H,7-8,13H2,1-2H3,(H,24,28)(H,25,26)/t17-/m1/s1. The smallest absolute Gasteiger partial charge is 0.251 e. The topological polar surface area (TPSA) is 79.5 Å². The van der Waals surface area contributed by atoms with Crippen LogP contribution >= 0.6 is 0 Å². The molecular formula is C22H23FN4O3. The molecule has 0 spiro atoms. The van der Waals surface area contributed by atoms with Crippen molar-refractivity contribution in [1.29, 1.82) is 0 Å². The van der Waals surface area contributed by atoms with Gasteiger partial charge in [0.05, 0.1) is 19.9 Å². The van der Waals surface area contributed by atoms with E-state index in [9.17, 15) is 9.18 Å². The number of carbonyl (C=O) groups excluding carboxylic acids is 1. The molecule has 156 valence electrons. The summed E-state index contributed by atoms with van der Waals surface area (Å²) in [5.41, 5.74) is 2.18. The SMILES string of the molecule is COc1cc(OC)cc(C(=O)N[C@@H]2CCN(c3cc(-c4ccc(F)cc4)[nH]n3)C2)c1. The fourth-order valence-corrected chi connectivity index (χ4v) is 3.54. The van der Waals surface area contributed by atoms with Gasteiger partial charge in [-0.25, -0.2) is 4.39 Å². The van der Waals surface area contributed by atoms with Crippen LogP contribution in [0.25, 0.3) is 11.3 Å². The largest absolute Gasteiger partial charge is 0.497 e. The Morgan fingerprint density at radius 1 is 1.13 bits per heavy atom. The molecular weight excluding hydrogens is 387 g/mol. The maximum atomic E-state index is 13.1. The first-order valence-electron chi connectivity index (χ1n) is 9.66. The first-order chi connectivity index (χ1) is 14.6. The Hall–Kier alpha value is -3.55. The normalized spacial score (nSPS) is 15.8. The lowest BCUT2D eigenvalue weighted by molar-refractivity contribution is 0.0939. The summed E-state index contributed by atoms with van der Waals surface area (Å²) in [6.07, 6.45) is 0.811. The second kappa shape index (κ2) is 8.44. The van der Waals surface area contributed by atoms with E-state index in [1.165, 1.54) is 12.1 Å². The van der Waals surface area contributed by atoms with E-state index in [0.717, 1.165) is 30.0 Å². The molecule has 1 amide bonds. The van der Waals surface area contributed by atoms with E-state index in [-0.39, 0.29) is 17.8 Å². The molecule has 30 heavy (non-hydrogen) atoms. The van der Waals surface area contributed by atoms with Crippen LogP contribution in [0.1, 0.15) is 16.8 Å². The summed E-state index contributed by atoms with van der Waals surface area (Å²) in [5.74, 6) is 1.49. The van der Waals surface area contributed by atoms with Crippen molar-refractivity contribution in [3.05, 3.63) is 59.9 Å². The van der Waals surface area contributed by atoms with Crippen molar-refractivity contribution in [2.45, 2.75) is 12.5 Å². The number of benzene rings is 2. The zero-order valence-electron chi connectivity index (χ0n) is 16.8. The molecule has 7 nitrogen and oxygen atoms in total. The molecule has 1 fully saturated rings. The minimum atomic E-state index is -0.273. The van der Waals surface area contributed by atoms with E-state index in [0.29, 0.717) is 23.6 Å². The molecule has 8 heteroatoms. The number of aromatic nitrogens is 2. The van der Waals surface area contributed by atoms with Gasteiger partial charge < -0.3 is 19.7 Å². The molecule has 1 saturated heterocycles. The highest BCUT2D eigenvalue weighted by molar-refractivity contribution is 5.95. The van der Waals surface area contributed by atoms with Crippen molar-refractivity contribution in [2.75, 3.05) is 32.2 Å². The lowest BCUT2D eigenvalue weighted by Gasteiger charge is -2.16. The van der Waals surface area contributed by atoms with E-state index in [1.54, 1.807) is 44.6 Å². The Morgan fingerprint density at radius 3 is 2.50 bits per heavy atom. The number of nitrogens with zero attached hydrogens (tertiary/aromatic N) is 2. The Labute approximate surface area is 173 Å². The quantitative estimate of drug-likeness (QED) is 0.652. The maximum absolute atomic E-state index is 13.1. The third-order valence-corrected chi connectivity index (χ3v) is 5.18. The number of hydrogen-bond donors (Lipinski definition) is 2. The van der Waals surface area contributed by atoms with Gasteiger partial charge in [-0.05, 0) is 48.4 Å². The van der Waals surface area contributed by atoms with Crippen molar-refractivity contribution in [3.8, 4) is 22.8 Å². The van der Waals surface area contributed by atoms with Crippen LogP contribution in [0, 0.1) is 5.82 Å². The summed E-state index contributed by atoms with van der Waals surface area (Å²) in [6, 6.07) is 13.3. The average molecular weight is 410 g/mol. The van der Waals surface area contributed by atoms with Gasteiger partial charge in [-0.3, -0.25) is 9.89 Å². The van der Waals surface area contributed by atoms with Gasteiger partial charge in [0.15, 0.2) is 5.82 Å². The van der Waals surface area contributed by atoms with Gasteiger partial charge in [-0.15, -0.1) is 0 Å². The Kier molecular flexibility index (Phi) is 5.56. The molecule has 0 aliphatic carbocycles. The van der Waals surface area contributed by atoms with Crippen LogP contribution in [0.15, 0.2) is 48.5 Å². The highest BCUT2D eigenvalue weighted by Crippen LogP contribution is 2.26. The van der Waals surface area contributed by atoms with Crippen LogP contribution in [0.5, 0.6) is 11.5 Å². The molecule has 1 aliphatic rings. The lowest BCUT2D eigenvalue weighted by Crippen LogP contribution is -2.37. The van der Waals surface area contributed by atoms with Gasteiger partial charge in [0, 0.05) is 36.8 Å². The summed E-state index contributed by atoms with van der Waals surface area (Å²) in [7, 11) is 3.10. The highest BCUT2D eigenvalue weighted by Gasteiger charge is 2.26. The number of amides is 1. The monoisotopic (exact) mass is 410 g/mol. The number of ether oxygens (including phenoxy) is 2. The number of halogens is 1. The minimum Gasteiger partial charge on any atom is -0.497 e. The lowest BCUT2D eigenvalue weighted by atomic mass is 10.1. The second-order valence-corrected chi connectivity index (χ2v) is 7.15. The molecule has 3 aromatic rings. The zero-order chi connectivity index (χ0) is 21.1. The fourth-order valence-electron chi connectivity index (χ4n) is 3.54. The zero-order valence-corrected chi connectivity index (χ0v) is 16.8. The number of hydrogen-bond acceptors (Lipinski definition) is 5. The molecule has 1 aromatic heterocycles. The Bertz CT molecular complexity index is 1010. The summed E-state index contributed by atoms with van der Waals surface area (Å²) < 4.78 is 23.6. The van der Waals surface area contributed by atoms with Gasteiger partial charge in [0.2, 0.25) is 0 Å². The van der Waals surface area contributed by atoms with Crippen molar-refractivity contribution in [3.63, 3.8) is 0 Å². The number of H-pyrrole nitrogens is 1. The van der Waals surface area contributed by atoms with Gasteiger partial charge in [-0.1, -0.05) is 0 Å². The molecule has 0 saturated carbocycles. The van der Waals surface area contributed by atoms with Crippen LogP contribution in [0.2, 0.25) is 0 Å². The number of nitrogens with one attached hydrogen (secondary N) is 2. The van der Waals surface area contributed by atoms with E-state index >= 15 is 0 Å². The number of anilines is 1. The number of rotatable bonds is 6. The van der Waals surface area contributed by atoms with Gasteiger partial charge >= 0.3 is 0 Å². The Balaban J connectivity index is 1.40. The highest BCUT2D eigenvalue weighted by atomic mass is 19.1. The number of carbonyl (C=O) groups is 1. The molecule has 2 aromatic carbocycles.